The number of fused-ring (bicyclic) bond motifs is 1. The molecule has 8 heteroatoms. The summed E-state index contributed by atoms with van der Waals surface area (Å²) < 4.78 is 15.9. The Labute approximate surface area is 213 Å². The van der Waals surface area contributed by atoms with E-state index in [0.29, 0.717) is 35.6 Å². The molecule has 3 aromatic rings. The van der Waals surface area contributed by atoms with Gasteiger partial charge in [0, 0.05) is 17.7 Å². The Morgan fingerprint density at radius 3 is 2.57 bits per heavy atom. The number of aliphatic hydroxyl groups excluding tert-OH is 1. The molecule has 0 bridgehead atoms. The van der Waals surface area contributed by atoms with Crippen molar-refractivity contribution in [2.75, 3.05) is 25.2 Å². The van der Waals surface area contributed by atoms with Crippen LogP contribution in [-0.4, -0.2) is 43.1 Å². The van der Waals surface area contributed by atoms with Gasteiger partial charge in [0.05, 0.1) is 37.5 Å². The molecule has 188 valence electrons. The lowest BCUT2D eigenvalue weighted by molar-refractivity contribution is -0.132. The summed E-state index contributed by atoms with van der Waals surface area (Å²) in [4.78, 5) is 40.5. The summed E-state index contributed by atoms with van der Waals surface area (Å²) in [5.74, 6) is -1.12. The van der Waals surface area contributed by atoms with Crippen LogP contribution in [0.3, 0.4) is 0 Å². The molecule has 1 saturated heterocycles. The van der Waals surface area contributed by atoms with Gasteiger partial charge in [-0.3, -0.25) is 14.5 Å². The molecule has 0 saturated carbocycles. The second-order valence-corrected chi connectivity index (χ2v) is 8.63. The smallest absolute Gasteiger partial charge is 0.338 e. The Kier molecular flexibility index (Phi) is 6.40. The number of rotatable bonds is 6. The van der Waals surface area contributed by atoms with E-state index < -0.39 is 23.7 Å². The summed E-state index contributed by atoms with van der Waals surface area (Å²) in [5, 5.41) is 11.4. The van der Waals surface area contributed by atoms with Crippen LogP contribution in [0.2, 0.25) is 0 Å². The molecule has 5 rings (SSSR count). The number of nitrogens with zero attached hydrogens (tertiary/aromatic N) is 1. The number of hydrogen-bond acceptors (Lipinski definition) is 7. The van der Waals surface area contributed by atoms with Gasteiger partial charge in [0.15, 0.2) is 0 Å². The van der Waals surface area contributed by atoms with E-state index in [1.165, 1.54) is 11.0 Å². The minimum atomic E-state index is -0.937. The maximum Gasteiger partial charge on any atom is 0.338 e. The largest absolute Gasteiger partial charge is 0.507 e. The third kappa shape index (κ3) is 4.31. The van der Waals surface area contributed by atoms with Crippen molar-refractivity contribution in [2.45, 2.75) is 19.4 Å². The first-order chi connectivity index (χ1) is 17.9. The molecule has 1 N–H and O–H groups in total. The minimum absolute atomic E-state index is 0.0458. The highest BCUT2D eigenvalue weighted by Gasteiger charge is 2.47. The number of anilines is 1. The minimum Gasteiger partial charge on any atom is -0.507 e. The van der Waals surface area contributed by atoms with Gasteiger partial charge in [-0.2, -0.15) is 0 Å². The van der Waals surface area contributed by atoms with Crippen LogP contribution in [0.5, 0.6) is 11.5 Å². The van der Waals surface area contributed by atoms with Gasteiger partial charge in [-0.15, -0.1) is 0 Å². The number of ether oxygens (including phenoxy) is 3. The third-order valence-electron chi connectivity index (χ3n) is 6.47. The zero-order chi connectivity index (χ0) is 26.1. The molecular weight excluding hydrogens is 474 g/mol. The molecule has 2 aliphatic rings. The van der Waals surface area contributed by atoms with Crippen molar-refractivity contribution in [3.05, 3.63) is 94.6 Å². The summed E-state index contributed by atoms with van der Waals surface area (Å²) in [5.41, 5.74) is 2.45. The number of esters is 1. The maximum absolute atomic E-state index is 13.4. The predicted molar refractivity (Wildman–Crippen MR) is 136 cm³/mol. The van der Waals surface area contributed by atoms with Crippen LogP contribution < -0.4 is 14.4 Å². The van der Waals surface area contributed by atoms with Crippen LogP contribution in [0.15, 0.2) is 72.3 Å². The lowest BCUT2D eigenvalue weighted by atomic mass is 9.94. The van der Waals surface area contributed by atoms with Gasteiger partial charge in [-0.25, -0.2) is 4.79 Å². The number of amides is 1. The first-order valence-corrected chi connectivity index (χ1v) is 11.9. The molecule has 1 atom stereocenters. The fourth-order valence-electron chi connectivity index (χ4n) is 4.69. The van der Waals surface area contributed by atoms with E-state index in [0.717, 1.165) is 11.3 Å². The molecule has 3 aromatic carbocycles. The number of benzene rings is 3. The van der Waals surface area contributed by atoms with E-state index in [1.54, 1.807) is 74.7 Å². The lowest BCUT2D eigenvalue weighted by Gasteiger charge is -2.26. The maximum atomic E-state index is 13.4. The van der Waals surface area contributed by atoms with Gasteiger partial charge in [0.1, 0.15) is 17.3 Å². The summed E-state index contributed by atoms with van der Waals surface area (Å²) in [6.45, 7) is 2.45. The van der Waals surface area contributed by atoms with Gasteiger partial charge in [0.2, 0.25) is 0 Å². The Bertz CT molecular complexity index is 1420. The first-order valence-electron chi connectivity index (χ1n) is 11.9. The van der Waals surface area contributed by atoms with Crippen LogP contribution >= 0.6 is 0 Å². The molecule has 2 aliphatic heterocycles. The zero-order valence-electron chi connectivity index (χ0n) is 20.4. The molecule has 1 fully saturated rings. The predicted octanol–water partition coefficient (Wildman–Crippen LogP) is 4.43. The van der Waals surface area contributed by atoms with Crippen molar-refractivity contribution in [2.24, 2.45) is 0 Å². The van der Waals surface area contributed by atoms with Crippen LogP contribution in [0.25, 0.3) is 5.76 Å². The summed E-state index contributed by atoms with van der Waals surface area (Å²) in [7, 11) is 1.54. The quantitative estimate of drug-likeness (QED) is 0.232. The van der Waals surface area contributed by atoms with Gasteiger partial charge < -0.3 is 19.3 Å². The molecule has 0 spiro atoms. The van der Waals surface area contributed by atoms with E-state index >= 15 is 0 Å². The molecule has 8 nitrogen and oxygen atoms in total. The SMILES string of the molecule is CCOC(=O)c1cccc(N2C(=O)C(=O)/C(=C(\O)c3ccc4c(c3)CCO4)C2c2ccc(OC)cc2)c1. The van der Waals surface area contributed by atoms with Crippen molar-refractivity contribution in [1.29, 1.82) is 0 Å². The van der Waals surface area contributed by atoms with E-state index in [-0.39, 0.29) is 23.5 Å². The van der Waals surface area contributed by atoms with Crippen LogP contribution in [0, 0.1) is 0 Å². The van der Waals surface area contributed by atoms with Crippen molar-refractivity contribution < 1.29 is 33.7 Å². The molecule has 0 aromatic heterocycles. The molecule has 1 unspecified atom stereocenters. The van der Waals surface area contributed by atoms with Gasteiger partial charge in [-0.1, -0.05) is 18.2 Å². The van der Waals surface area contributed by atoms with E-state index in [9.17, 15) is 19.5 Å². The molecule has 0 radical (unpaired) electrons. The van der Waals surface area contributed by atoms with Gasteiger partial charge in [-0.05, 0) is 66.6 Å². The second kappa shape index (κ2) is 9.81. The van der Waals surface area contributed by atoms with Crippen LogP contribution in [0.1, 0.15) is 40.0 Å². The van der Waals surface area contributed by atoms with E-state index in [1.807, 2.05) is 0 Å². The number of carbonyl (C=O) groups excluding carboxylic acids is 3. The highest BCUT2D eigenvalue weighted by molar-refractivity contribution is 6.51. The van der Waals surface area contributed by atoms with Crippen molar-refractivity contribution in [3.8, 4) is 11.5 Å². The average molecular weight is 500 g/mol. The normalized spacial score (nSPS) is 17.9. The number of methoxy groups -OCH3 is 1. The topological polar surface area (TPSA) is 102 Å². The molecule has 0 aliphatic carbocycles. The number of ketones is 1. The fourth-order valence-corrected chi connectivity index (χ4v) is 4.69. The number of Topliss-reactive ketones (excluding diaryl/α,β-unsaturated/α-hetero) is 1. The van der Waals surface area contributed by atoms with Crippen LogP contribution in [-0.2, 0) is 20.7 Å². The number of carbonyl (C=O) groups is 3. The summed E-state index contributed by atoms with van der Waals surface area (Å²) in [6.07, 6.45) is 0.688. The Balaban J connectivity index is 1.67. The third-order valence-corrected chi connectivity index (χ3v) is 6.47. The summed E-state index contributed by atoms with van der Waals surface area (Å²) in [6, 6.07) is 17.5. The second-order valence-electron chi connectivity index (χ2n) is 8.63. The Hall–Kier alpha value is -4.59. The number of hydrogen-bond donors (Lipinski definition) is 1. The van der Waals surface area contributed by atoms with Crippen molar-refractivity contribution in [1.82, 2.24) is 0 Å². The Morgan fingerprint density at radius 2 is 1.84 bits per heavy atom. The Morgan fingerprint density at radius 1 is 1.05 bits per heavy atom. The fraction of sp³-hybridized carbons (Fsp3) is 0.207. The lowest BCUT2D eigenvalue weighted by Crippen LogP contribution is -2.29. The molecule has 1 amide bonds. The van der Waals surface area contributed by atoms with Crippen molar-refractivity contribution >= 4 is 29.1 Å². The highest BCUT2D eigenvalue weighted by Crippen LogP contribution is 2.43. The standard InChI is InChI=1S/C29H25NO7/c1-3-36-29(34)20-5-4-6-21(16-20)30-25(17-7-10-22(35-2)11-8-17)24(27(32)28(30)33)26(31)19-9-12-23-18(15-19)13-14-37-23/h4-12,15-16,25,31H,3,13-14H2,1-2H3/b26-24-. The highest BCUT2D eigenvalue weighted by atomic mass is 16.5. The monoisotopic (exact) mass is 499 g/mol. The number of aliphatic hydroxyl groups is 1. The first kappa shape index (κ1) is 24.1. The van der Waals surface area contributed by atoms with E-state index in [2.05, 4.69) is 0 Å². The molecule has 37 heavy (non-hydrogen) atoms. The molecular formula is C29H25NO7. The summed E-state index contributed by atoms with van der Waals surface area (Å²) >= 11 is 0. The average Bonchev–Trinajstić information content (AvgIpc) is 3.50. The van der Waals surface area contributed by atoms with Gasteiger partial charge >= 0.3 is 5.97 Å². The van der Waals surface area contributed by atoms with Crippen molar-refractivity contribution in [3.63, 3.8) is 0 Å². The van der Waals surface area contributed by atoms with E-state index in [4.69, 9.17) is 14.2 Å². The zero-order valence-corrected chi connectivity index (χ0v) is 20.4. The molecule has 2 heterocycles. The van der Waals surface area contributed by atoms with Crippen LogP contribution in [0.4, 0.5) is 5.69 Å². The van der Waals surface area contributed by atoms with Gasteiger partial charge in [0.25, 0.3) is 11.7 Å².